The maximum absolute atomic E-state index is 12.3. The number of aryl methyl sites for hydroxylation is 1. The Hall–Kier alpha value is -1.19. The van der Waals surface area contributed by atoms with Gasteiger partial charge < -0.3 is 15.4 Å². The summed E-state index contributed by atoms with van der Waals surface area (Å²) in [6.45, 7) is 4.81. The van der Waals surface area contributed by atoms with E-state index < -0.39 is 16.1 Å². The van der Waals surface area contributed by atoms with E-state index in [1.807, 2.05) is 13.8 Å². The summed E-state index contributed by atoms with van der Waals surface area (Å²) in [6, 6.07) is 4.24. The minimum absolute atomic E-state index is 0. The number of benzene rings is 1. The molecule has 0 bridgehead atoms. The number of carbonyl (C=O) groups excluding carboxylic acids is 1. The highest BCUT2D eigenvalue weighted by atomic mass is 35.5. The lowest BCUT2D eigenvalue weighted by Crippen LogP contribution is -2.53. The second-order valence-electron chi connectivity index (χ2n) is 5.22. The molecular weight excluding hydrogens is 342 g/mol. The third kappa shape index (κ3) is 4.89. The minimum Gasteiger partial charge on any atom is -0.375 e. The van der Waals surface area contributed by atoms with Crippen LogP contribution >= 0.6 is 12.4 Å². The molecule has 0 saturated carbocycles. The molecule has 0 aromatic heterocycles. The molecule has 1 amide bonds. The topological polar surface area (TPSA) is 111 Å². The first-order chi connectivity index (χ1) is 10.3. The predicted molar refractivity (Wildman–Crippen MR) is 90.3 cm³/mol. The molecule has 4 N–H and O–H groups in total. The third-order valence-corrected chi connectivity index (χ3v) is 4.61. The third-order valence-electron chi connectivity index (χ3n) is 3.62. The molecule has 2 rings (SSSR count). The van der Waals surface area contributed by atoms with Gasteiger partial charge in [-0.25, -0.2) is 13.6 Å². The van der Waals surface area contributed by atoms with Gasteiger partial charge in [0.1, 0.15) is 6.04 Å². The first-order valence-corrected chi connectivity index (χ1v) is 8.69. The summed E-state index contributed by atoms with van der Waals surface area (Å²) >= 11 is 0. The van der Waals surface area contributed by atoms with E-state index in [1.165, 1.54) is 6.07 Å². The molecule has 0 aliphatic carbocycles. The van der Waals surface area contributed by atoms with E-state index in [-0.39, 0.29) is 29.3 Å². The Morgan fingerprint density at radius 3 is 2.74 bits per heavy atom. The van der Waals surface area contributed by atoms with Gasteiger partial charge in [-0.2, -0.15) is 0 Å². The highest BCUT2D eigenvalue weighted by Crippen LogP contribution is 2.21. The summed E-state index contributed by atoms with van der Waals surface area (Å²) in [5.41, 5.74) is 1.01. The molecule has 0 radical (unpaired) electrons. The van der Waals surface area contributed by atoms with Crippen LogP contribution in [-0.4, -0.2) is 39.6 Å². The van der Waals surface area contributed by atoms with Crippen LogP contribution in [0.5, 0.6) is 0 Å². The zero-order valence-corrected chi connectivity index (χ0v) is 14.7. The van der Waals surface area contributed by atoms with E-state index in [4.69, 9.17) is 9.88 Å². The lowest BCUT2D eigenvalue weighted by Gasteiger charge is -2.29. The first-order valence-electron chi connectivity index (χ1n) is 7.14. The highest BCUT2D eigenvalue weighted by molar-refractivity contribution is 7.89. The number of halogens is 1. The van der Waals surface area contributed by atoms with E-state index in [1.54, 1.807) is 12.1 Å². The number of hydrogen-bond donors (Lipinski definition) is 3. The Kier molecular flexibility index (Phi) is 6.97. The fraction of sp³-hybridized carbons (Fsp3) is 0.500. The van der Waals surface area contributed by atoms with Gasteiger partial charge in [0.25, 0.3) is 0 Å². The largest absolute Gasteiger partial charge is 0.375 e. The van der Waals surface area contributed by atoms with Crippen LogP contribution in [0.3, 0.4) is 0 Å². The molecule has 9 heteroatoms. The maximum atomic E-state index is 12.3. The number of anilines is 1. The van der Waals surface area contributed by atoms with Crippen LogP contribution in [0.2, 0.25) is 0 Å². The zero-order chi connectivity index (χ0) is 16.3. The van der Waals surface area contributed by atoms with Gasteiger partial charge in [0.2, 0.25) is 15.9 Å². The number of amides is 1. The molecule has 1 heterocycles. The maximum Gasteiger partial charge on any atom is 0.244 e. The molecule has 1 aliphatic heterocycles. The van der Waals surface area contributed by atoms with Crippen molar-refractivity contribution < 1.29 is 17.9 Å². The lowest BCUT2D eigenvalue weighted by molar-refractivity contribution is -0.123. The van der Waals surface area contributed by atoms with Crippen molar-refractivity contribution in [2.75, 3.05) is 18.5 Å². The molecule has 0 spiro atoms. The van der Waals surface area contributed by atoms with Crippen molar-refractivity contribution >= 4 is 34.0 Å². The number of carbonyl (C=O) groups is 1. The van der Waals surface area contributed by atoms with Crippen LogP contribution in [0.1, 0.15) is 19.4 Å². The van der Waals surface area contributed by atoms with Gasteiger partial charge in [-0.1, -0.05) is 13.0 Å². The minimum atomic E-state index is -3.83. The molecule has 1 aromatic rings. The molecule has 7 nitrogen and oxygen atoms in total. The van der Waals surface area contributed by atoms with Crippen LogP contribution in [0, 0.1) is 0 Å². The van der Waals surface area contributed by atoms with E-state index >= 15 is 0 Å². The zero-order valence-electron chi connectivity index (χ0n) is 13.0. The number of hydrogen-bond acceptors (Lipinski definition) is 5. The van der Waals surface area contributed by atoms with Crippen LogP contribution in [0.15, 0.2) is 23.1 Å². The number of nitrogens with two attached hydrogens (primary N) is 1. The van der Waals surface area contributed by atoms with Crippen molar-refractivity contribution in [3.8, 4) is 0 Å². The molecule has 1 aliphatic rings. The average Bonchev–Trinajstić information content (AvgIpc) is 2.46. The van der Waals surface area contributed by atoms with Crippen molar-refractivity contribution in [3.05, 3.63) is 23.8 Å². The molecule has 1 aromatic carbocycles. The molecule has 0 unspecified atom stereocenters. The summed E-state index contributed by atoms with van der Waals surface area (Å²) < 4.78 is 28.7. The second kappa shape index (κ2) is 8.07. The summed E-state index contributed by atoms with van der Waals surface area (Å²) in [6.07, 6.45) is 0.288. The van der Waals surface area contributed by atoms with Crippen LogP contribution in [0.25, 0.3) is 0 Å². The Labute approximate surface area is 142 Å². The van der Waals surface area contributed by atoms with Gasteiger partial charge in [0.05, 0.1) is 17.6 Å². The Morgan fingerprint density at radius 1 is 1.48 bits per heavy atom. The molecule has 1 saturated heterocycles. The van der Waals surface area contributed by atoms with E-state index in [9.17, 15) is 13.2 Å². The Balaban J connectivity index is 0.00000264. The second-order valence-corrected chi connectivity index (χ2v) is 6.75. The van der Waals surface area contributed by atoms with Gasteiger partial charge in [0, 0.05) is 12.2 Å². The number of rotatable bonds is 4. The summed E-state index contributed by atoms with van der Waals surface area (Å²) in [7, 11) is -3.83. The molecule has 23 heavy (non-hydrogen) atoms. The number of primary sulfonamides is 1. The van der Waals surface area contributed by atoms with Crippen LogP contribution in [-0.2, 0) is 26.0 Å². The Morgan fingerprint density at radius 2 is 2.17 bits per heavy atom. The Bertz CT molecular complexity index is 666. The monoisotopic (exact) mass is 363 g/mol. The van der Waals surface area contributed by atoms with Crippen LogP contribution in [0.4, 0.5) is 5.69 Å². The van der Waals surface area contributed by atoms with Gasteiger partial charge in [-0.15, -0.1) is 12.4 Å². The summed E-state index contributed by atoms with van der Waals surface area (Å²) in [4.78, 5) is 12.3. The van der Waals surface area contributed by atoms with Gasteiger partial charge >= 0.3 is 0 Å². The molecule has 130 valence electrons. The van der Waals surface area contributed by atoms with E-state index in [0.717, 1.165) is 0 Å². The van der Waals surface area contributed by atoms with Crippen molar-refractivity contribution in [1.82, 2.24) is 5.32 Å². The SMILES string of the molecule is CCc1ccc(NC(=O)[C@H]2NCCO[C@@H]2C)cc1S(N)(=O)=O.Cl. The molecular formula is C14H22ClN3O4S. The number of ether oxygens (including phenoxy) is 1. The number of nitrogens with one attached hydrogen (secondary N) is 2. The van der Waals surface area contributed by atoms with Crippen molar-refractivity contribution in [1.29, 1.82) is 0 Å². The highest BCUT2D eigenvalue weighted by Gasteiger charge is 2.28. The first kappa shape index (κ1) is 19.9. The van der Waals surface area contributed by atoms with Gasteiger partial charge in [0.15, 0.2) is 0 Å². The fourth-order valence-corrected chi connectivity index (χ4v) is 3.31. The van der Waals surface area contributed by atoms with Crippen molar-refractivity contribution in [2.45, 2.75) is 37.3 Å². The summed E-state index contributed by atoms with van der Waals surface area (Å²) in [5, 5.41) is 11.0. The quantitative estimate of drug-likeness (QED) is 0.726. The van der Waals surface area contributed by atoms with Gasteiger partial charge in [-0.3, -0.25) is 4.79 Å². The lowest BCUT2D eigenvalue weighted by atomic mass is 10.1. The van der Waals surface area contributed by atoms with E-state index in [2.05, 4.69) is 10.6 Å². The normalized spacial score (nSPS) is 21.3. The number of sulfonamides is 1. The number of morpholine rings is 1. The van der Waals surface area contributed by atoms with Crippen molar-refractivity contribution in [2.24, 2.45) is 5.14 Å². The predicted octanol–water partition coefficient (Wildman–Crippen LogP) is 0.634. The summed E-state index contributed by atoms with van der Waals surface area (Å²) in [5.74, 6) is -0.267. The van der Waals surface area contributed by atoms with Crippen LogP contribution < -0.4 is 15.8 Å². The smallest absolute Gasteiger partial charge is 0.244 e. The molecule has 2 atom stereocenters. The van der Waals surface area contributed by atoms with Crippen molar-refractivity contribution in [3.63, 3.8) is 0 Å². The standard InChI is InChI=1S/C14H21N3O4S.ClH/c1-3-10-4-5-11(8-12(10)22(15,19)20)17-14(18)13-9(2)21-7-6-16-13;/h4-5,8-9,13,16H,3,6-7H2,1-2H3,(H,17,18)(H2,15,19,20);1H/t9-,13+;/m1./s1. The van der Waals surface area contributed by atoms with E-state index in [0.29, 0.717) is 30.8 Å². The average molecular weight is 364 g/mol. The molecule has 1 fully saturated rings. The fourth-order valence-electron chi connectivity index (χ4n) is 2.44. The van der Waals surface area contributed by atoms with Gasteiger partial charge in [-0.05, 0) is 31.0 Å².